The monoisotopic (exact) mass is 425 g/mol. The van der Waals surface area contributed by atoms with Crippen molar-refractivity contribution in [2.24, 2.45) is 0 Å². The quantitative estimate of drug-likeness (QED) is 0.469. The van der Waals surface area contributed by atoms with E-state index in [9.17, 15) is 9.59 Å². The maximum absolute atomic E-state index is 12.7. The van der Waals surface area contributed by atoms with Crippen LogP contribution in [-0.4, -0.2) is 22.1 Å². The van der Waals surface area contributed by atoms with Crippen LogP contribution in [0.5, 0.6) is 5.75 Å². The topological polar surface area (TPSA) is 73.2 Å². The molecule has 0 radical (unpaired) electrons. The molecule has 1 aromatic heterocycles. The maximum atomic E-state index is 12.7. The molecule has 1 amide bonds. The molecule has 0 spiro atoms. The number of aromatic nitrogens is 2. The lowest BCUT2D eigenvalue weighted by Gasteiger charge is -2.12. The fraction of sp³-hybridized carbons (Fsp3) is 0.115. The molecule has 160 valence electrons. The van der Waals surface area contributed by atoms with Crippen LogP contribution in [0.1, 0.15) is 6.92 Å². The predicted molar refractivity (Wildman–Crippen MR) is 126 cm³/mol. The molecule has 32 heavy (non-hydrogen) atoms. The molecule has 0 bridgehead atoms. The second-order valence-corrected chi connectivity index (χ2v) is 7.16. The van der Waals surface area contributed by atoms with Crippen molar-refractivity contribution in [3.05, 3.63) is 102 Å². The van der Waals surface area contributed by atoms with Crippen LogP contribution in [0.2, 0.25) is 0 Å². The van der Waals surface area contributed by atoms with Gasteiger partial charge in [-0.1, -0.05) is 48.5 Å². The molecule has 0 saturated heterocycles. The molecule has 4 rings (SSSR count). The number of carbonyl (C=O) groups is 1. The van der Waals surface area contributed by atoms with Gasteiger partial charge in [-0.25, -0.2) is 4.98 Å². The van der Waals surface area contributed by atoms with E-state index in [1.165, 1.54) is 17.0 Å². The molecule has 6 heteroatoms. The smallest absolute Gasteiger partial charge is 0.254 e. The van der Waals surface area contributed by atoms with Crippen LogP contribution >= 0.6 is 0 Å². The van der Waals surface area contributed by atoms with Crippen LogP contribution < -0.4 is 15.6 Å². The molecule has 0 aliphatic rings. The van der Waals surface area contributed by atoms with E-state index in [1.807, 2.05) is 85.8 Å². The minimum absolute atomic E-state index is 0.126. The van der Waals surface area contributed by atoms with Gasteiger partial charge in [0.2, 0.25) is 5.91 Å². The highest BCUT2D eigenvalue weighted by molar-refractivity contribution is 5.95. The summed E-state index contributed by atoms with van der Waals surface area (Å²) in [5.74, 6) is 0.461. The highest BCUT2D eigenvalue weighted by Crippen LogP contribution is 2.27. The Morgan fingerprint density at radius 2 is 1.66 bits per heavy atom. The number of para-hydroxylation sites is 1. The zero-order valence-corrected chi connectivity index (χ0v) is 17.7. The summed E-state index contributed by atoms with van der Waals surface area (Å²) < 4.78 is 6.73. The average Bonchev–Trinajstić information content (AvgIpc) is 2.82. The van der Waals surface area contributed by atoms with Crippen molar-refractivity contribution >= 4 is 11.6 Å². The summed E-state index contributed by atoms with van der Waals surface area (Å²) in [5, 5.41) is 2.91. The summed E-state index contributed by atoms with van der Waals surface area (Å²) in [6, 6.07) is 26.2. The third kappa shape index (κ3) is 4.92. The summed E-state index contributed by atoms with van der Waals surface area (Å²) >= 11 is 0. The molecule has 4 aromatic rings. The normalized spacial score (nSPS) is 10.5. The van der Waals surface area contributed by atoms with Gasteiger partial charge in [-0.15, -0.1) is 0 Å². The molecule has 1 heterocycles. The summed E-state index contributed by atoms with van der Waals surface area (Å²) in [4.78, 5) is 29.6. The van der Waals surface area contributed by atoms with Gasteiger partial charge in [0.05, 0.1) is 18.6 Å². The van der Waals surface area contributed by atoms with Crippen molar-refractivity contribution in [3.8, 4) is 28.1 Å². The zero-order valence-electron chi connectivity index (χ0n) is 17.7. The van der Waals surface area contributed by atoms with Crippen molar-refractivity contribution in [2.75, 3.05) is 11.9 Å². The van der Waals surface area contributed by atoms with Gasteiger partial charge < -0.3 is 10.1 Å². The Bertz CT molecular complexity index is 1270. The first kappa shape index (κ1) is 21.1. The number of hydrogen-bond acceptors (Lipinski definition) is 4. The first-order valence-corrected chi connectivity index (χ1v) is 10.4. The Hall–Kier alpha value is -4.19. The number of nitrogens with one attached hydrogen (secondary N) is 1. The lowest BCUT2D eigenvalue weighted by molar-refractivity contribution is -0.116. The molecule has 0 saturated carbocycles. The Labute approximate surface area is 186 Å². The number of rotatable bonds is 7. The number of ether oxygens (including phenoxy) is 1. The number of hydrogen-bond donors (Lipinski definition) is 1. The van der Waals surface area contributed by atoms with Crippen molar-refractivity contribution < 1.29 is 9.53 Å². The van der Waals surface area contributed by atoms with Gasteiger partial charge in [-0.05, 0) is 42.8 Å². The average molecular weight is 425 g/mol. The van der Waals surface area contributed by atoms with Crippen LogP contribution in [0.25, 0.3) is 22.4 Å². The molecule has 0 aliphatic carbocycles. The fourth-order valence-corrected chi connectivity index (χ4v) is 3.40. The van der Waals surface area contributed by atoms with E-state index in [0.29, 0.717) is 18.0 Å². The highest BCUT2D eigenvalue weighted by Gasteiger charge is 2.11. The Morgan fingerprint density at radius 1 is 0.938 bits per heavy atom. The predicted octanol–water partition coefficient (Wildman–Crippen LogP) is 4.61. The van der Waals surface area contributed by atoms with Crippen molar-refractivity contribution in [3.63, 3.8) is 0 Å². The summed E-state index contributed by atoms with van der Waals surface area (Å²) in [5.41, 5.74) is 3.66. The highest BCUT2D eigenvalue weighted by atomic mass is 16.5. The van der Waals surface area contributed by atoms with E-state index in [-0.39, 0.29) is 18.0 Å². The van der Waals surface area contributed by atoms with E-state index in [2.05, 4.69) is 10.3 Å². The molecular weight excluding hydrogens is 402 g/mol. The lowest BCUT2D eigenvalue weighted by atomic mass is 10.0. The zero-order chi connectivity index (χ0) is 22.3. The van der Waals surface area contributed by atoms with Crippen LogP contribution in [0.15, 0.2) is 96.1 Å². The molecule has 1 N–H and O–H groups in total. The van der Waals surface area contributed by atoms with Crippen LogP contribution in [0, 0.1) is 0 Å². The second-order valence-electron chi connectivity index (χ2n) is 7.16. The van der Waals surface area contributed by atoms with E-state index < -0.39 is 0 Å². The minimum Gasteiger partial charge on any atom is -0.494 e. The summed E-state index contributed by atoms with van der Waals surface area (Å²) in [6.45, 7) is 2.38. The number of carbonyl (C=O) groups excluding carboxylic acids is 1. The first-order valence-electron chi connectivity index (χ1n) is 10.4. The van der Waals surface area contributed by atoms with E-state index >= 15 is 0 Å². The van der Waals surface area contributed by atoms with E-state index in [1.54, 1.807) is 0 Å². The Balaban J connectivity index is 1.48. The number of benzene rings is 3. The van der Waals surface area contributed by atoms with Crippen LogP contribution in [0.3, 0.4) is 0 Å². The standard InChI is InChI=1S/C26H23N3O3/c1-2-32-21-14-12-20(13-15-21)24-16-26(31)29(18-27-24)17-25(30)28-23-11-7-6-10-22(23)19-8-4-3-5-9-19/h3-16,18H,2,17H2,1H3,(H,28,30). The van der Waals surface area contributed by atoms with Gasteiger partial charge in [0, 0.05) is 22.9 Å². The molecule has 0 unspecified atom stereocenters. The Kier molecular flexibility index (Phi) is 6.41. The van der Waals surface area contributed by atoms with E-state index in [0.717, 1.165) is 22.4 Å². The molecule has 0 atom stereocenters. The molecular formula is C26H23N3O3. The minimum atomic E-state index is -0.300. The summed E-state index contributed by atoms with van der Waals surface area (Å²) in [7, 11) is 0. The van der Waals surface area contributed by atoms with Gasteiger partial charge in [0.1, 0.15) is 12.3 Å². The Morgan fingerprint density at radius 3 is 2.38 bits per heavy atom. The van der Waals surface area contributed by atoms with Crippen molar-refractivity contribution in [2.45, 2.75) is 13.5 Å². The fourth-order valence-electron chi connectivity index (χ4n) is 3.40. The third-order valence-electron chi connectivity index (χ3n) is 4.94. The summed E-state index contributed by atoms with van der Waals surface area (Å²) in [6.07, 6.45) is 1.40. The van der Waals surface area contributed by atoms with Crippen LogP contribution in [-0.2, 0) is 11.3 Å². The third-order valence-corrected chi connectivity index (χ3v) is 4.94. The molecule has 0 fully saturated rings. The van der Waals surface area contributed by atoms with Crippen molar-refractivity contribution in [1.82, 2.24) is 9.55 Å². The lowest BCUT2D eigenvalue weighted by Crippen LogP contribution is -2.27. The van der Waals surface area contributed by atoms with E-state index in [4.69, 9.17) is 4.74 Å². The molecule has 6 nitrogen and oxygen atoms in total. The SMILES string of the molecule is CCOc1ccc(-c2cc(=O)n(CC(=O)Nc3ccccc3-c3ccccc3)cn2)cc1. The number of anilines is 1. The van der Waals surface area contributed by atoms with Gasteiger partial charge in [0.15, 0.2) is 0 Å². The largest absolute Gasteiger partial charge is 0.494 e. The molecule has 0 aliphatic heterocycles. The van der Waals surface area contributed by atoms with Gasteiger partial charge >= 0.3 is 0 Å². The number of nitrogens with zero attached hydrogens (tertiary/aromatic N) is 2. The second kappa shape index (κ2) is 9.75. The maximum Gasteiger partial charge on any atom is 0.254 e. The van der Waals surface area contributed by atoms with Gasteiger partial charge in [-0.2, -0.15) is 0 Å². The first-order chi connectivity index (χ1) is 15.6. The van der Waals surface area contributed by atoms with Crippen molar-refractivity contribution in [1.29, 1.82) is 0 Å². The van der Waals surface area contributed by atoms with Gasteiger partial charge in [-0.3, -0.25) is 14.2 Å². The van der Waals surface area contributed by atoms with Crippen LogP contribution in [0.4, 0.5) is 5.69 Å². The number of amides is 1. The van der Waals surface area contributed by atoms with Gasteiger partial charge in [0.25, 0.3) is 5.56 Å². The molecule has 3 aromatic carbocycles.